The maximum Gasteiger partial charge on any atom is 0.344 e. The molecule has 1 aromatic carbocycles. The minimum Gasteiger partial charge on any atom is -0.465 e. The van der Waals surface area contributed by atoms with Crippen LogP contribution in [0.2, 0.25) is 10.0 Å². The van der Waals surface area contributed by atoms with Gasteiger partial charge in [0.1, 0.15) is 0 Å². The summed E-state index contributed by atoms with van der Waals surface area (Å²) in [6.45, 7) is 0. The first-order valence-electron chi connectivity index (χ1n) is 7.57. The lowest BCUT2D eigenvalue weighted by molar-refractivity contribution is -0.113. The summed E-state index contributed by atoms with van der Waals surface area (Å²) in [5.74, 6) is -1.11. The van der Waals surface area contributed by atoms with Crippen LogP contribution < -0.4 is 11.0 Å². The van der Waals surface area contributed by atoms with Crippen LogP contribution in [-0.4, -0.2) is 39.5 Å². The van der Waals surface area contributed by atoms with Crippen molar-refractivity contribution < 1.29 is 14.3 Å². The number of benzene rings is 1. The summed E-state index contributed by atoms with van der Waals surface area (Å²) >= 11 is 13.1. The third-order valence-electron chi connectivity index (χ3n) is 3.64. The molecule has 2 N–H and O–H groups in total. The Hall–Kier alpha value is -1.97. The van der Waals surface area contributed by atoms with Crippen LogP contribution in [0.5, 0.6) is 0 Å². The van der Waals surface area contributed by atoms with E-state index in [0.29, 0.717) is 5.16 Å². The van der Waals surface area contributed by atoms with E-state index in [1.54, 1.807) is 4.57 Å². The zero-order chi connectivity index (χ0) is 18.8. The van der Waals surface area contributed by atoms with Crippen LogP contribution in [-0.2, 0) is 9.53 Å². The molecule has 138 valence electrons. The van der Waals surface area contributed by atoms with Gasteiger partial charge in [0.25, 0.3) is 0 Å². The second-order valence-electron chi connectivity index (χ2n) is 5.55. The molecule has 8 nitrogen and oxygen atoms in total. The summed E-state index contributed by atoms with van der Waals surface area (Å²) in [7, 11) is 1.22. The molecule has 0 saturated heterocycles. The first-order valence-corrected chi connectivity index (χ1v) is 9.31. The Labute approximate surface area is 162 Å². The van der Waals surface area contributed by atoms with Crippen molar-refractivity contribution in [3.8, 4) is 0 Å². The van der Waals surface area contributed by atoms with E-state index in [0.717, 1.165) is 24.6 Å². The van der Waals surface area contributed by atoms with Gasteiger partial charge in [0.05, 0.1) is 29.1 Å². The lowest BCUT2D eigenvalue weighted by atomic mass is 10.1. The zero-order valence-electron chi connectivity index (χ0n) is 13.5. The molecule has 1 aliphatic rings. The lowest BCUT2D eigenvalue weighted by Gasteiger charge is -2.12. The highest BCUT2D eigenvalue weighted by Gasteiger charge is 2.29. The average molecular weight is 417 g/mol. The fraction of sp³-hybridized carbons (Fsp3) is 0.333. The summed E-state index contributed by atoms with van der Waals surface area (Å²) in [5.41, 5.74) is -0.114. The number of methoxy groups -OCH3 is 1. The highest BCUT2D eigenvalue weighted by molar-refractivity contribution is 7.99. The maximum absolute atomic E-state index is 12.3. The molecule has 2 aromatic rings. The number of rotatable bonds is 6. The molecule has 0 bridgehead atoms. The van der Waals surface area contributed by atoms with E-state index in [2.05, 4.69) is 20.3 Å². The topological polar surface area (TPSA) is 106 Å². The van der Waals surface area contributed by atoms with Gasteiger partial charge in [0.15, 0.2) is 5.16 Å². The number of aromatic nitrogens is 3. The number of nitrogens with one attached hydrogen (secondary N) is 2. The zero-order valence-corrected chi connectivity index (χ0v) is 15.9. The molecule has 1 saturated carbocycles. The number of hydrogen-bond donors (Lipinski definition) is 2. The molecule has 1 aromatic heterocycles. The molecule has 1 fully saturated rings. The number of hydrogen-bond acceptors (Lipinski definition) is 6. The monoisotopic (exact) mass is 416 g/mol. The maximum atomic E-state index is 12.3. The molecule has 0 spiro atoms. The minimum absolute atomic E-state index is 0.0173. The van der Waals surface area contributed by atoms with Crippen molar-refractivity contribution in [2.45, 2.75) is 24.0 Å². The van der Waals surface area contributed by atoms with Crippen LogP contribution in [0.25, 0.3) is 0 Å². The predicted octanol–water partition coefficient (Wildman–Crippen LogP) is 2.73. The largest absolute Gasteiger partial charge is 0.465 e. The summed E-state index contributed by atoms with van der Waals surface area (Å²) in [6.07, 6.45) is 1.84. The van der Waals surface area contributed by atoms with E-state index in [1.807, 2.05) is 0 Å². The molecule has 3 rings (SSSR count). The van der Waals surface area contributed by atoms with Crippen LogP contribution >= 0.6 is 35.0 Å². The van der Waals surface area contributed by atoms with Crippen molar-refractivity contribution in [3.05, 3.63) is 38.2 Å². The SMILES string of the molecule is COC(=O)c1cc(Cl)cc(Cl)c1NC(=O)CSc1n[nH]c(=O)n1C1CC1. The summed E-state index contributed by atoms with van der Waals surface area (Å²) in [4.78, 5) is 35.9. The molecule has 1 heterocycles. The molecule has 0 aliphatic heterocycles. The second-order valence-corrected chi connectivity index (χ2v) is 7.34. The molecular formula is C15H14Cl2N4O4S. The number of nitrogens with zero attached hydrogens (tertiary/aromatic N) is 2. The molecular weight excluding hydrogens is 403 g/mol. The third kappa shape index (κ3) is 4.05. The van der Waals surface area contributed by atoms with E-state index in [4.69, 9.17) is 23.2 Å². The van der Waals surface area contributed by atoms with Crippen LogP contribution in [0.15, 0.2) is 22.1 Å². The fourth-order valence-electron chi connectivity index (χ4n) is 2.32. The average Bonchev–Trinajstić information content (AvgIpc) is 3.37. The molecule has 0 radical (unpaired) electrons. The van der Waals surface area contributed by atoms with Crippen LogP contribution in [0.4, 0.5) is 5.69 Å². The molecule has 11 heteroatoms. The van der Waals surface area contributed by atoms with Gasteiger partial charge in [-0.05, 0) is 25.0 Å². The van der Waals surface area contributed by atoms with E-state index >= 15 is 0 Å². The number of carbonyl (C=O) groups is 2. The van der Waals surface area contributed by atoms with Crippen molar-refractivity contribution in [1.82, 2.24) is 14.8 Å². The van der Waals surface area contributed by atoms with Crippen LogP contribution in [0.3, 0.4) is 0 Å². The standard InChI is InChI=1S/C15H14Cl2N4O4S/c1-25-13(23)9-4-7(16)5-10(17)12(9)18-11(22)6-26-15-20-19-14(24)21(15)8-2-3-8/h4-5,8H,2-3,6H2,1H3,(H,18,22)(H,19,24). The molecule has 1 amide bonds. The Morgan fingerprint density at radius 3 is 2.81 bits per heavy atom. The van der Waals surface area contributed by atoms with Gasteiger partial charge >= 0.3 is 11.7 Å². The minimum atomic E-state index is -0.674. The summed E-state index contributed by atoms with van der Waals surface area (Å²) < 4.78 is 6.23. The number of ether oxygens (including phenoxy) is 1. The van der Waals surface area contributed by atoms with Gasteiger partial charge in [-0.25, -0.2) is 14.7 Å². The normalized spacial score (nSPS) is 13.5. The van der Waals surface area contributed by atoms with Crippen molar-refractivity contribution >= 4 is 52.5 Å². The Bertz CT molecular complexity index is 923. The smallest absolute Gasteiger partial charge is 0.344 e. The Kier molecular flexibility index (Phi) is 5.59. The first kappa shape index (κ1) is 18.8. The Balaban J connectivity index is 1.73. The van der Waals surface area contributed by atoms with E-state index in [-0.39, 0.29) is 38.8 Å². The van der Waals surface area contributed by atoms with Crippen molar-refractivity contribution in [3.63, 3.8) is 0 Å². The number of H-pyrrole nitrogens is 1. The number of halogens is 2. The number of thioether (sulfide) groups is 1. The van der Waals surface area contributed by atoms with Gasteiger partial charge in [0, 0.05) is 11.1 Å². The van der Waals surface area contributed by atoms with Gasteiger partial charge in [-0.2, -0.15) is 0 Å². The number of esters is 1. The lowest BCUT2D eigenvalue weighted by Crippen LogP contribution is -2.19. The van der Waals surface area contributed by atoms with Crippen molar-refractivity contribution in [1.29, 1.82) is 0 Å². The second kappa shape index (κ2) is 7.73. The molecule has 1 aliphatic carbocycles. The summed E-state index contributed by atoms with van der Waals surface area (Å²) in [5, 5.41) is 9.72. The van der Waals surface area contributed by atoms with Gasteiger partial charge in [-0.1, -0.05) is 35.0 Å². The summed E-state index contributed by atoms with van der Waals surface area (Å²) in [6, 6.07) is 2.92. The number of anilines is 1. The van der Waals surface area contributed by atoms with Crippen molar-refractivity contribution in [2.24, 2.45) is 0 Å². The van der Waals surface area contributed by atoms with Crippen LogP contribution in [0.1, 0.15) is 29.2 Å². The predicted molar refractivity (Wildman–Crippen MR) is 98.3 cm³/mol. The van der Waals surface area contributed by atoms with E-state index < -0.39 is 11.9 Å². The third-order valence-corrected chi connectivity index (χ3v) is 5.11. The van der Waals surface area contributed by atoms with Gasteiger partial charge in [-0.15, -0.1) is 5.10 Å². The first-order chi connectivity index (χ1) is 12.4. The van der Waals surface area contributed by atoms with Gasteiger partial charge in [-0.3, -0.25) is 9.36 Å². The van der Waals surface area contributed by atoms with E-state index in [9.17, 15) is 14.4 Å². The Morgan fingerprint density at radius 2 is 2.15 bits per heavy atom. The fourth-order valence-corrected chi connectivity index (χ4v) is 3.68. The Morgan fingerprint density at radius 1 is 1.42 bits per heavy atom. The highest BCUT2D eigenvalue weighted by atomic mass is 35.5. The number of aromatic amines is 1. The number of amides is 1. The molecule has 0 unspecified atom stereocenters. The molecule has 0 atom stereocenters. The van der Waals surface area contributed by atoms with Gasteiger partial charge < -0.3 is 10.1 Å². The molecule has 26 heavy (non-hydrogen) atoms. The van der Waals surface area contributed by atoms with E-state index in [1.165, 1.54) is 19.2 Å². The van der Waals surface area contributed by atoms with Gasteiger partial charge in [0.2, 0.25) is 5.91 Å². The highest BCUT2D eigenvalue weighted by Crippen LogP contribution is 2.36. The van der Waals surface area contributed by atoms with Crippen molar-refractivity contribution in [2.75, 3.05) is 18.2 Å². The number of carbonyl (C=O) groups excluding carboxylic acids is 2. The van der Waals surface area contributed by atoms with Crippen LogP contribution in [0, 0.1) is 0 Å². The quantitative estimate of drug-likeness (QED) is 0.553.